The molecule has 0 atom stereocenters. The summed E-state index contributed by atoms with van der Waals surface area (Å²) in [4.78, 5) is 22.6. The zero-order chi connectivity index (χ0) is 11.5. The van der Waals surface area contributed by atoms with Crippen molar-refractivity contribution in [3.05, 3.63) is 16.3 Å². The van der Waals surface area contributed by atoms with Crippen molar-refractivity contribution in [3.63, 3.8) is 0 Å². The highest BCUT2D eigenvalue weighted by atomic mass is 32.1. The Morgan fingerprint density at radius 2 is 2.38 bits per heavy atom. The van der Waals surface area contributed by atoms with Gasteiger partial charge in [0.1, 0.15) is 0 Å². The summed E-state index contributed by atoms with van der Waals surface area (Å²) in [5, 5.41) is 9.01. The molecule has 1 aromatic rings. The largest absolute Gasteiger partial charge is 0.349 e. The third kappa shape index (κ3) is 2.46. The Morgan fingerprint density at radius 3 is 3.00 bits per heavy atom. The number of thiol groups is 1. The molecule has 88 valence electrons. The molecule has 1 aromatic heterocycles. The van der Waals surface area contributed by atoms with Crippen LogP contribution in [0.1, 0.15) is 31.1 Å². The monoisotopic (exact) mass is 242 g/mol. The molecule has 2 N–H and O–H groups in total. The predicted octanol–water partition coefficient (Wildman–Crippen LogP) is -0.158. The van der Waals surface area contributed by atoms with Crippen LogP contribution in [0.3, 0.4) is 0 Å². The van der Waals surface area contributed by atoms with E-state index in [0.29, 0.717) is 24.5 Å². The minimum absolute atomic E-state index is 0.0761. The SMILES string of the molecule is O=C(CCS)NCc1n[nH]c(=O)n1C1CC1. The summed E-state index contributed by atoms with van der Waals surface area (Å²) in [7, 11) is 0. The van der Waals surface area contributed by atoms with Gasteiger partial charge in [0.2, 0.25) is 5.91 Å². The van der Waals surface area contributed by atoms with Gasteiger partial charge >= 0.3 is 5.69 Å². The lowest BCUT2D eigenvalue weighted by molar-refractivity contribution is -0.120. The van der Waals surface area contributed by atoms with Crippen LogP contribution in [0.4, 0.5) is 0 Å². The van der Waals surface area contributed by atoms with Crippen LogP contribution in [0.15, 0.2) is 4.79 Å². The van der Waals surface area contributed by atoms with Gasteiger partial charge in [-0.3, -0.25) is 9.36 Å². The molecule has 7 heteroatoms. The molecule has 1 aliphatic rings. The van der Waals surface area contributed by atoms with Crippen LogP contribution in [-0.2, 0) is 11.3 Å². The van der Waals surface area contributed by atoms with E-state index in [1.165, 1.54) is 0 Å². The van der Waals surface area contributed by atoms with Crippen LogP contribution in [0.2, 0.25) is 0 Å². The molecular weight excluding hydrogens is 228 g/mol. The third-order valence-corrected chi connectivity index (χ3v) is 2.70. The fourth-order valence-electron chi connectivity index (χ4n) is 1.54. The van der Waals surface area contributed by atoms with Crippen molar-refractivity contribution in [3.8, 4) is 0 Å². The molecule has 0 aliphatic heterocycles. The number of carbonyl (C=O) groups excluding carboxylic acids is 1. The van der Waals surface area contributed by atoms with Crippen molar-refractivity contribution in [1.82, 2.24) is 20.1 Å². The molecule has 0 bridgehead atoms. The second-order valence-electron chi connectivity index (χ2n) is 3.80. The quantitative estimate of drug-likeness (QED) is 0.628. The number of H-pyrrole nitrogens is 1. The highest BCUT2D eigenvalue weighted by molar-refractivity contribution is 7.80. The van der Waals surface area contributed by atoms with Crippen LogP contribution in [0.25, 0.3) is 0 Å². The number of aromatic amines is 1. The van der Waals surface area contributed by atoms with Gasteiger partial charge in [-0.25, -0.2) is 9.89 Å². The van der Waals surface area contributed by atoms with Crippen molar-refractivity contribution in [2.45, 2.75) is 31.8 Å². The molecule has 1 heterocycles. The van der Waals surface area contributed by atoms with E-state index >= 15 is 0 Å². The molecule has 0 radical (unpaired) electrons. The maximum absolute atomic E-state index is 11.4. The van der Waals surface area contributed by atoms with Crippen molar-refractivity contribution < 1.29 is 4.79 Å². The van der Waals surface area contributed by atoms with Gasteiger partial charge in [0, 0.05) is 12.5 Å². The second-order valence-corrected chi connectivity index (χ2v) is 4.24. The Morgan fingerprint density at radius 1 is 1.62 bits per heavy atom. The lowest BCUT2D eigenvalue weighted by Crippen LogP contribution is -2.26. The molecule has 1 aliphatic carbocycles. The van der Waals surface area contributed by atoms with Crippen LogP contribution in [0.5, 0.6) is 0 Å². The minimum atomic E-state index is -0.194. The van der Waals surface area contributed by atoms with E-state index in [1.807, 2.05) is 0 Å². The Labute approximate surface area is 97.8 Å². The van der Waals surface area contributed by atoms with Crippen molar-refractivity contribution in [1.29, 1.82) is 0 Å². The third-order valence-electron chi connectivity index (χ3n) is 2.47. The van der Waals surface area contributed by atoms with Gasteiger partial charge in [-0.2, -0.15) is 17.7 Å². The summed E-state index contributed by atoms with van der Waals surface area (Å²) in [6, 6.07) is 0.267. The standard InChI is InChI=1S/C9H14N4O2S/c14-8(3-4-16)10-5-7-11-12-9(15)13(7)6-1-2-6/h6,16H,1-5H2,(H,10,14)(H,12,15). The number of nitrogens with one attached hydrogen (secondary N) is 2. The number of aromatic nitrogens is 3. The number of hydrogen-bond donors (Lipinski definition) is 3. The van der Waals surface area contributed by atoms with Crippen molar-refractivity contribution in [2.75, 3.05) is 5.75 Å². The van der Waals surface area contributed by atoms with Gasteiger partial charge in [0.15, 0.2) is 5.82 Å². The molecule has 0 aromatic carbocycles. The van der Waals surface area contributed by atoms with Gasteiger partial charge in [-0.05, 0) is 18.6 Å². The smallest absolute Gasteiger partial charge is 0.343 e. The number of amides is 1. The molecule has 1 fully saturated rings. The molecular formula is C9H14N4O2S. The Kier molecular flexibility index (Phi) is 3.33. The lowest BCUT2D eigenvalue weighted by Gasteiger charge is -2.05. The molecule has 2 rings (SSSR count). The Balaban J connectivity index is 1.99. The fraction of sp³-hybridized carbons (Fsp3) is 0.667. The molecule has 1 amide bonds. The number of carbonyl (C=O) groups is 1. The van der Waals surface area contributed by atoms with E-state index in [4.69, 9.17) is 0 Å². The lowest BCUT2D eigenvalue weighted by atomic mass is 10.4. The van der Waals surface area contributed by atoms with Crippen LogP contribution < -0.4 is 11.0 Å². The van der Waals surface area contributed by atoms with Gasteiger partial charge in [0.25, 0.3) is 0 Å². The summed E-state index contributed by atoms with van der Waals surface area (Å²) in [6.45, 7) is 0.294. The normalized spacial score (nSPS) is 15.1. The van der Waals surface area contributed by atoms with Crippen LogP contribution >= 0.6 is 12.6 Å². The number of rotatable bonds is 5. The molecule has 0 unspecified atom stereocenters. The molecule has 16 heavy (non-hydrogen) atoms. The Hall–Kier alpha value is -1.24. The van der Waals surface area contributed by atoms with E-state index in [9.17, 15) is 9.59 Å². The van der Waals surface area contributed by atoms with Crippen molar-refractivity contribution >= 4 is 18.5 Å². The highest BCUT2D eigenvalue weighted by Crippen LogP contribution is 2.33. The van der Waals surface area contributed by atoms with Crippen LogP contribution in [-0.4, -0.2) is 26.4 Å². The van der Waals surface area contributed by atoms with Gasteiger partial charge in [-0.1, -0.05) is 0 Å². The van der Waals surface area contributed by atoms with Crippen LogP contribution in [0, 0.1) is 0 Å². The van der Waals surface area contributed by atoms with Gasteiger partial charge in [0.05, 0.1) is 6.54 Å². The average molecular weight is 242 g/mol. The molecule has 0 spiro atoms. The topological polar surface area (TPSA) is 79.8 Å². The fourth-order valence-corrected chi connectivity index (χ4v) is 1.74. The van der Waals surface area contributed by atoms with Gasteiger partial charge in [-0.15, -0.1) is 0 Å². The molecule has 6 nitrogen and oxygen atoms in total. The van der Waals surface area contributed by atoms with E-state index in [0.717, 1.165) is 12.8 Å². The highest BCUT2D eigenvalue weighted by Gasteiger charge is 2.28. The summed E-state index contributed by atoms with van der Waals surface area (Å²) in [5.41, 5.74) is -0.194. The van der Waals surface area contributed by atoms with E-state index < -0.39 is 0 Å². The Bertz CT molecular complexity index is 435. The summed E-state index contributed by atoms with van der Waals surface area (Å²) in [6.07, 6.45) is 2.40. The first-order valence-electron chi connectivity index (χ1n) is 5.25. The second kappa shape index (κ2) is 4.73. The zero-order valence-corrected chi connectivity index (χ0v) is 9.67. The first kappa shape index (κ1) is 11.3. The molecule has 0 saturated heterocycles. The average Bonchev–Trinajstić information content (AvgIpc) is 3.01. The predicted molar refractivity (Wildman–Crippen MR) is 61.4 cm³/mol. The van der Waals surface area contributed by atoms with Gasteiger partial charge < -0.3 is 5.32 Å². The first-order chi connectivity index (χ1) is 7.72. The van der Waals surface area contributed by atoms with E-state index in [1.54, 1.807) is 4.57 Å². The minimum Gasteiger partial charge on any atom is -0.349 e. The maximum atomic E-state index is 11.4. The first-order valence-corrected chi connectivity index (χ1v) is 5.89. The number of nitrogens with zero attached hydrogens (tertiary/aromatic N) is 2. The summed E-state index contributed by atoms with van der Waals surface area (Å²) >= 11 is 3.97. The summed E-state index contributed by atoms with van der Waals surface area (Å²) < 4.78 is 1.63. The number of hydrogen-bond acceptors (Lipinski definition) is 4. The summed E-state index contributed by atoms with van der Waals surface area (Å²) in [5.74, 6) is 1.04. The zero-order valence-electron chi connectivity index (χ0n) is 8.77. The van der Waals surface area contributed by atoms with Crippen molar-refractivity contribution in [2.24, 2.45) is 0 Å². The van der Waals surface area contributed by atoms with E-state index in [2.05, 4.69) is 28.1 Å². The maximum Gasteiger partial charge on any atom is 0.343 e. The molecule has 1 saturated carbocycles. The van der Waals surface area contributed by atoms with E-state index in [-0.39, 0.29) is 17.6 Å².